The third kappa shape index (κ3) is 3.30. The molecular formula is C10H14N2O5S. The first kappa shape index (κ1) is 13.0. The third-order valence-electron chi connectivity index (χ3n) is 2.81. The van der Waals surface area contributed by atoms with Gasteiger partial charge in [0.1, 0.15) is 0 Å². The number of carboxylic acid groups (broad SMARTS) is 1. The van der Waals surface area contributed by atoms with Gasteiger partial charge in [0, 0.05) is 12.6 Å². The molecule has 0 amide bonds. The second-order valence-electron chi connectivity index (χ2n) is 4.27. The van der Waals surface area contributed by atoms with E-state index in [2.05, 4.69) is 5.16 Å². The molecule has 1 aliphatic rings. The summed E-state index contributed by atoms with van der Waals surface area (Å²) >= 11 is 0. The number of carboxylic acids is 1. The molecule has 8 heteroatoms. The predicted molar refractivity (Wildman–Crippen MR) is 62.0 cm³/mol. The van der Waals surface area contributed by atoms with Crippen LogP contribution in [0.2, 0.25) is 0 Å². The van der Waals surface area contributed by atoms with Gasteiger partial charge in [-0.15, -0.1) is 0 Å². The minimum absolute atomic E-state index is 0.132. The Labute approximate surface area is 104 Å². The number of nitrogens with zero attached hydrogens (tertiary/aromatic N) is 2. The van der Waals surface area contributed by atoms with Crippen LogP contribution in [0.4, 0.5) is 0 Å². The lowest BCUT2D eigenvalue weighted by Crippen LogP contribution is -2.26. The minimum Gasteiger partial charge on any atom is -0.476 e. The van der Waals surface area contributed by atoms with Crippen LogP contribution in [-0.4, -0.2) is 54.1 Å². The summed E-state index contributed by atoms with van der Waals surface area (Å²) in [6, 6.07) is 1.36. The minimum atomic E-state index is -2.93. The van der Waals surface area contributed by atoms with Gasteiger partial charge in [-0.05, 0) is 13.0 Å². The topological polar surface area (TPSA) is 101 Å². The van der Waals surface area contributed by atoms with Gasteiger partial charge in [0.15, 0.2) is 21.3 Å². The number of sulfone groups is 1. The number of hydrogen-bond donors (Lipinski definition) is 1. The molecule has 0 aromatic carbocycles. The Bertz CT molecular complexity index is 536. The van der Waals surface area contributed by atoms with Gasteiger partial charge < -0.3 is 9.63 Å². The zero-order chi connectivity index (χ0) is 13.2. The molecule has 2 rings (SSSR count). The highest BCUT2D eigenvalue weighted by molar-refractivity contribution is 7.91. The van der Waals surface area contributed by atoms with Gasteiger partial charge in [0.05, 0.1) is 18.1 Å². The van der Waals surface area contributed by atoms with Crippen molar-refractivity contribution in [2.24, 2.45) is 0 Å². The molecule has 7 nitrogen and oxygen atoms in total. The van der Waals surface area contributed by atoms with Crippen LogP contribution in [0, 0.1) is 0 Å². The largest absolute Gasteiger partial charge is 0.476 e. The second kappa shape index (κ2) is 5.07. The highest BCUT2D eigenvalue weighted by Crippen LogP contribution is 2.11. The summed E-state index contributed by atoms with van der Waals surface area (Å²) in [4.78, 5) is 12.6. The van der Waals surface area contributed by atoms with E-state index in [9.17, 15) is 13.2 Å². The number of rotatable bonds is 3. The quantitative estimate of drug-likeness (QED) is 0.827. The van der Waals surface area contributed by atoms with Gasteiger partial charge in [-0.3, -0.25) is 4.90 Å². The van der Waals surface area contributed by atoms with E-state index >= 15 is 0 Å². The Balaban J connectivity index is 1.98. The lowest BCUT2D eigenvalue weighted by molar-refractivity contribution is 0.0685. The van der Waals surface area contributed by atoms with Crippen LogP contribution in [0.25, 0.3) is 0 Å². The van der Waals surface area contributed by atoms with Crippen molar-refractivity contribution < 1.29 is 22.8 Å². The first-order valence-corrected chi connectivity index (χ1v) is 7.40. The fourth-order valence-electron chi connectivity index (χ4n) is 1.86. The summed E-state index contributed by atoms with van der Waals surface area (Å²) in [5.74, 6) is -0.358. The molecule has 100 valence electrons. The van der Waals surface area contributed by atoms with Crippen LogP contribution >= 0.6 is 0 Å². The number of aromatic carboxylic acids is 1. The van der Waals surface area contributed by atoms with Gasteiger partial charge in [0.25, 0.3) is 0 Å². The Hall–Kier alpha value is -1.41. The highest BCUT2D eigenvalue weighted by atomic mass is 32.2. The van der Waals surface area contributed by atoms with E-state index in [4.69, 9.17) is 9.63 Å². The molecule has 0 aliphatic carbocycles. The van der Waals surface area contributed by atoms with Crippen LogP contribution in [-0.2, 0) is 16.4 Å². The van der Waals surface area contributed by atoms with Gasteiger partial charge in [0.2, 0.25) is 0 Å². The lowest BCUT2D eigenvalue weighted by Gasteiger charge is -2.16. The Morgan fingerprint density at radius 1 is 1.44 bits per heavy atom. The van der Waals surface area contributed by atoms with Crippen LogP contribution < -0.4 is 0 Å². The van der Waals surface area contributed by atoms with Gasteiger partial charge in [-0.25, -0.2) is 13.2 Å². The molecular weight excluding hydrogens is 260 g/mol. The first-order chi connectivity index (χ1) is 8.46. The number of aromatic nitrogens is 1. The molecule has 0 radical (unpaired) electrons. The maximum atomic E-state index is 11.4. The van der Waals surface area contributed by atoms with E-state index < -0.39 is 15.8 Å². The molecule has 1 saturated heterocycles. The van der Waals surface area contributed by atoms with Crippen molar-refractivity contribution in [3.8, 4) is 0 Å². The zero-order valence-corrected chi connectivity index (χ0v) is 10.5. The van der Waals surface area contributed by atoms with E-state index in [0.29, 0.717) is 31.8 Å². The normalized spacial score (nSPS) is 20.4. The second-order valence-corrected chi connectivity index (χ2v) is 6.57. The Morgan fingerprint density at radius 3 is 2.89 bits per heavy atom. The molecule has 0 saturated carbocycles. The van der Waals surface area contributed by atoms with Gasteiger partial charge in [-0.1, -0.05) is 5.16 Å². The van der Waals surface area contributed by atoms with Crippen LogP contribution in [0.15, 0.2) is 10.6 Å². The van der Waals surface area contributed by atoms with E-state index in [-0.39, 0.29) is 17.2 Å². The monoisotopic (exact) mass is 274 g/mol. The molecule has 0 spiro atoms. The molecule has 2 heterocycles. The Morgan fingerprint density at radius 2 is 2.22 bits per heavy atom. The molecule has 0 bridgehead atoms. The van der Waals surface area contributed by atoms with Crippen molar-refractivity contribution >= 4 is 15.8 Å². The van der Waals surface area contributed by atoms with E-state index in [1.165, 1.54) is 6.07 Å². The maximum absolute atomic E-state index is 11.4. The molecule has 1 aromatic rings. The molecule has 0 atom stereocenters. The van der Waals surface area contributed by atoms with Crippen molar-refractivity contribution in [3.63, 3.8) is 0 Å². The van der Waals surface area contributed by atoms with Crippen LogP contribution in [0.3, 0.4) is 0 Å². The lowest BCUT2D eigenvalue weighted by atomic mass is 10.3. The summed E-state index contributed by atoms with van der Waals surface area (Å²) in [6.45, 7) is 1.48. The highest BCUT2D eigenvalue weighted by Gasteiger charge is 2.20. The molecule has 1 fully saturated rings. The van der Waals surface area contributed by atoms with Gasteiger partial charge in [-0.2, -0.15) is 0 Å². The smallest absolute Gasteiger partial charge is 0.358 e. The molecule has 1 N–H and O–H groups in total. The van der Waals surface area contributed by atoms with Crippen molar-refractivity contribution in [2.75, 3.05) is 24.6 Å². The number of carbonyl (C=O) groups is 1. The van der Waals surface area contributed by atoms with Crippen molar-refractivity contribution in [3.05, 3.63) is 17.5 Å². The number of hydrogen-bond acceptors (Lipinski definition) is 6. The summed E-state index contributed by atoms with van der Waals surface area (Å²) in [5.41, 5.74) is -0.132. The molecule has 18 heavy (non-hydrogen) atoms. The standard InChI is InChI=1S/C10H14N2O5S/c13-10(14)9-6-8(17-11-9)7-12-2-1-4-18(15,16)5-3-12/h6H,1-5,7H2,(H,13,14). The third-order valence-corrected chi connectivity index (χ3v) is 4.52. The SMILES string of the molecule is O=C(O)c1cc(CN2CCCS(=O)(=O)CC2)on1. The molecule has 1 aromatic heterocycles. The summed E-state index contributed by atoms with van der Waals surface area (Å²) in [7, 11) is -2.93. The fourth-order valence-corrected chi connectivity index (χ4v) is 3.17. The first-order valence-electron chi connectivity index (χ1n) is 5.58. The van der Waals surface area contributed by atoms with Crippen LogP contribution in [0.5, 0.6) is 0 Å². The summed E-state index contributed by atoms with van der Waals surface area (Å²) in [6.07, 6.45) is 0.586. The van der Waals surface area contributed by atoms with Gasteiger partial charge >= 0.3 is 5.97 Å². The summed E-state index contributed by atoms with van der Waals surface area (Å²) < 4.78 is 27.7. The van der Waals surface area contributed by atoms with Crippen molar-refractivity contribution in [2.45, 2.75) is 13.0 Å². The zero-order valence-electron chi connectivity index (χ0n) is 9.70. The average molecular weight is 274 g/mol. The van der Waals surface area contributed by atoms with Crippen molar-refractivity contribution in [1.82, 2.24) is 10.1 Å². The van der Waals surface area contributed by atoms with Crippen molar-refractivity contribution in [1.29, 1.82) is 0 Å². The maximum Gasteiger partial charge on any atom is 0.358 e. The van der Waals surface area contributed by atoms with E-state index in [0.717, 1.165) is 0 Å². The predicted octanol–water partition coefficient (Wildman–Crippen LogP) is -0.00670. The van der Waals surface area contributed by atoms with E-state index in [1.54, 1.807) is 0 Å². The molecule has 0 unspecified atom stereocenters. The van der Waals surface area contributed by atoms with E-state index in [1.807, 2.05) is 4.90 Å². The average Bonchev–Trinajstić information content (AvgIpc) is 2.67. The van der Waals surface area contributed by atoms with Crippen LogP contribution in [0.1, 0.15) is 22.7 Å². The summed E-state index contributed by atoms with van der Waals surface area (Å²) in [5, 5.41) is 12.1. The fraction of sp³-hybridized carbons (Fsp3) is 0.600. The molecule has 1 aliphatic heterocycles. The Kier molecular flexibility index (Phi) is 3.67.